The first-order chi connectivity index (χ1) is 12.4. The standard InChI is InChI=1S/C22H33NO3/c1-4-11-26-23-14-7-9-21(2)17-8-10-22(3)16(5-6-20(22)25)15(17)13-19(24)18(21)12-14/h15-18H,4-13H2,1-3H3. The number of fused-ring (bicyclic) bond motifs is 5. The Kier molecular flexibility index (Phi) is 4.51. The monoisotopic (exact) mass is 359 g/mol. The number of hydrogen-bond donors (Lipinski definition) is 0. The van der Waals surface area contributed by atoms with Crippen LogP contribution in [0.15, 0.2) is 5.16 Å². The highest BCUT2D eigenvalue weighted by atomic mass is 16.6. The number of hydrogen-bond acceptors (Lipinski definition) is 4. The molecule has 0 radical (unpaired) electrons. The van der Waals surface area contributed by atoms with E-state index >= 15 is 0 Å². The van der Waals surface area contributed by atoms with Crippen molar-refractivity contribution in [3.8, 4) is 0 Å². The molecular formula is C22H33NO3. The van der Waals surface area contributed by atoms with Crippen LogP contribution in [0.2, 0.25) is 0 Å². The molecule has 4 aliphatic rings. The van der Waals surface area contributed by atoms with Gasteiger partial charge in [-0.1, -0.05) is 25.9 Å². The summed E-state index contributed by atoms with van der Waals surface area (Å²) in [7, 11) is 0. The predicted molar refractivity (Wildman–Crippen MR) is 101 cm³/mol. The zero-order chi connectivity index (χ0) is 18.5. The summed E-state index contributed by atoms with van der Waals surface area (Å²) in [5.74, 6) is 2.41. The summed E-state index contributed by atoms with van der Waals surface area (Å²) in [5, 5.41) is 4.33. The van der Waals surface area contributed by atoms with E-state index in [1.54, 1.807) is 0 Å². The van der Waals surface area contributed by atoms with Gasteiger partial charge in [0.15, 0.2) is 0 Å². The van der Waals surface area contributed by atoms with Crippen LogP contribution in [-0.2, 0) is 14.4 Å². The van der Waals surface area contributed by atoms with Crippen LogP contribution in [0.4, 0.5) is 0 Å². The molecule has 0 heterocycles. The number of carbonyl (C=O) groups excluding carboxylic acids is 2. The summed E-state index contributed by atoms with van der Waals surface area (Å²) in [6.07, 6.45) is 8.28. The van der Waals surface area contributed by atoms with E-state index < -0.39 is 0 Å². The van der Waals surface area contributed by atoms with Gasteiger partial charge in [0, 0.05) is 24.2 Å². The molecule has 0 aliphatic heterocycles. The fourth-order valence-corrected chi connectivity index (χ4v) is 6.93. The fourth-order valence-electron chi connectivity index (χ4n) is 6.93. The Labute approximate surface area is 157 Å². The molecule has 6 unspecified atom stereocenters. The van der Waals surface area contributed by atoms with Gasteiger partial charge in [0.1, 0.15) is 18.2 Å². The Balaban J connectivity index is 1.57. The maximum Gasteiger partial charge on any atom is 0.139 e. The van der Waals surface area contributed by atoms with Crippen molar-refractivity contribution in [2.24, 2.45) is 39.7 Å². The molecule has 4 saturated carbocycles. The first-order valence-corrected chi connectivity index (χ1v) is 10.6. The molecule has 26 heavy (non-hydrogen) atoms. The van der Waals surface area contributed by atoms with E-state index in [1.807, 2.05) is 0 Å². The maximum absolute atomic E-state index is 13.2. The molecule has 0 aromatic carbocycles. The van der Waals surface area contributed by atoms with E-state index in [-0.39, 0.29) is 16.7 Å². The van der Waals surface area contributed by atoms with Gasteiger partial charge in [-0.3, -0.25) is 9.59 Å². The van der Waals surface area contributed by atoms with E-state index in [4.69, 9.17) is 4.84 Å². The topological polar surface area (TPSA) is 55.7 Å². The van der Waals surface area contributed by atoms with Crippen molar-refractivity contribution in [1.29, 1.82) is 0 Å². The summed E-state index contributed by atoms with van der Waals surface area (Å²) < 4.78 is 0. The minimum atomic E-state index is -0.153. The molecular weight excluding hydrogens is 326 g/mol. The molecule has 0 N–H and O–H groups in total. The van der Waals surface area contributed by atoms with Crippen LogP contribution < -0.4 is 0 Å². The minimum absolute atomic E-state index is 0.0801. The maximum atomic E-state index is 13.2. The summed E-state index contributed by atoms with van der Waals surface area (Å²) >= 11 is 0. The van der Waals surface area contributed by atoms with Crippen LogP contribution in [0.5, 0.6) is 0 Å². The Morgan fingerprint density at radius 2 is 1.88 bits per heavy atom. The summed E-state index contributed by atoms with van der Waals surface area (Å²) in [6.45, 7) is 7.26. The molecule has 6 atom stereocenters. The summed E-state index contributed by atoms with van der Waals surface area (Å²) in [4.78, 5) is 31.1. The fraction of sp³-hybridized carbons (Fsp3) is 0.864. The second-order valence-corrected chi connectivity index (χ2v) is 9.72. The average molecular weight is 360 g/mol. The molecule has 0 aromatic heterocycles. The van der Waals surface area contributed by atoms with E-state index in [2.05, 4.69) is 25.9 Å². The van der Waals surface area contributed by atoms with E-state index in [9.17, 15) is 9.59 Å². The molecule has 4 heteroatoms. The molecule has 0 aromatic rings. The highest BCUT2D eigenvalue weighted by molar-refractivity contribution is 5.93. The van der Waals surface area contributed by atoms with Gasteiger partial charge >= 0.3 is 0 Å². The predicted octanol–water partition coefficient (Wildman–Crippen LogP) is 4.56. The molecule has 0 bridgehead atoms. The van der Waals surface area contributed by atoms with Crippen LogP contribution in [0.25, 0.3) is 0 Å². The minimum Gasteiger partial charge on any atom is -0.396 e. The van der Waals surface area contributed by atoms with Gasteiger partial charge in [-0.15, -0.1) is 0 Å². The molecule has 4 nitrogen and oxygen atoms in total. The van der Waals surface area contributed by atoms with Crippen LogP contribution in [0.3, 0.4) is 0 Å². The number of rotatable bonds is 3. The lowest BCUT2D eigenvalue weighted by atomic mass is 9.45. The molecule has 144 valence electrons. The van der Waals surface area contributed by atoms with Crippen LogP contribution in [0.1, 0.15) is 78.6 Å². The van der Waals surface area contributed by atoms with Crippen molar-refractivity contribution in [3.63, 3.8) is 0 Å². The van der Waals surface area contributed by atoms with Gasteiger partial charge in [0.05, 0.1) is 5.71 Å². The van der Waals surface area contributed by atoms with Gasteiger partial charge < -0.3 is 4.84 Å². The third-order valence-corrected chi connectivity index (χ3v) is 8.50. The summed E-state index contributed by atoms with van der Waals surface area (Å²) in [6, 6.07) is 0. The summed E-state index contributed by atoms with van der Waals surface area (Å²) in [5.41, 5.74) is 1.00. The van der Waals surface area contributed by atoms with Crippen LogP contribution >= 0.6 is 0 Å². The van der Waals surface area contributed by atoms with Crippen molar-refractivity contribution in [1.82, 2.24) is 0 Å². The molecule has 0 saturated heterocycles. The van der Waals surface area contributed by atoms with Crippen LogP contribution in [-0.4, -0.2) is 23.9 Å². The zero-order valence-electron chi connectivity index (χ0n) is 16.6. The van der Waals surface area contributed by atoms with E-state index in [1.165, 1.54) is 0 Å². The van der Waals surface area contributed by atoms with Gasteiger partial charge in [-0.2, -0.15) is 0 Å². The Hall–Kier alpha value is -1.19. The molecule has 4 aliphatic carbocycles. The number of ketones is 2. The molecule has 0 amide bonds. The lowest BCUT2D eigenvalue weighted by Crippen LogP contribution is -2.56. The second kappa shape index (κ2) is 6.45. The van der Waals surface area contributed by atoms with Gasteiger partial charge in [-0.05, 0) is 68.1 Å². The highest BCUT2D eigenvalue weighted by Crippen LogP contribution is 2.64. The van der Waals surface area contributed by atoms with E-state index in [0.29, 0.717) is 42.3 Å². The number of carbonyl (C=O) groups is 2. The Morgan fingerprint density at radius 1 is 1.08 bits per heavy atom. The largest absolute Gasteiger partial charge is 0.396 e. The quantitative estimate of drug-likeness (QED) is 0.548. The molecule has 4 fully saturated rings. The molecule has 0 spiro atoms. The van der Waals surface area contributed by atoms with Crippen molar-refractivity contribution in [2.75, 3.05) is 6.61 Å². The molecule has 4 rings (SSSR count). The lowest BCUT2D eigenvalue weighted by Gasteiger charge is -2.58. The smallest absolute Gasteiger partial charge is 0.139 e. The Morgan fingerprint density at radius 3 is 2.65 bits per heavy atom. The second-order valence-electron chi connectivity index (χ2n) is 9.72. The van der Waals surface area contributed by atoms with Crippen molar-refractivity contribution >= 4 is 17.3 Å². The average Bonchev–Trinajstić information content (AvgIpc) is 2.92. The van der Waals surface area contributed by atoms with Gasteiger partial charge in [-0.25, -0.2) is 0 Å². The van der Waals surface area contributed by atoms with Crippen LogP contribution in [0, 0.1) is 34.5 Å². The third kappa shape index (κ3) is 2.58. The third-order valence-electron chi connectivity index (χ3n) is 8.50. The number of oxime groups is 1. The normalized spacial score (nSPS) is 46.7. The first-order valence-electron chi connectivity index (χ1n) is 10.6. The number of Topliss-reactive ketones (excluding diaryl/α,β-unsaturated/α-hetero) is 2. The van der Waals surface area contributed by atoms with Gasteiger partial charge in [0.25, 0.3) is 0 Å². The van der Waals surface area contributed by atoms with Crippen molar-refractivity contribution < 1.29 is 14.4 Å². The zero-order valence-corrected chi connectivity index (χ0v) is 16.6. The van der Waals surface area contributed by atoms with Crippen molar-refractivity contribution in [3.05, 3.63) is 0 Å². The van der Waals surface area contributed by atoms with Gasteiger partial charge in [0.2, 0.25) is 0 Å². The first kappa shape index (κ1) is 18.2. The highest BCUT2D eigenvalue weighted by Gasteiger charge is 2.62. The van der Waals surface area contributed by atoms with Crippen molar-refractivity contribution in [2.45, 2.75) is 78.6 Å². The lowest BCUT2D eigenvalue weighted by molar-refractivity contribution is -0.152. The number of nitrogens with zero attached hydrogens (tertiary/aromatic N) is 1. The van der Waals surface area contributed by atoms with E-state index in [0.717, 1.165) is 57.1 Å². The Bertz CT molecular complexity index is 641. The SMILES string of the molecule is CCCON=C1CCC2(C)C(C1)C(=O)CC1C3CCC(=O)C3(C)CCC12.